The molecule has 0 fully saturated rings. The molecule has 0 saturated heterocycles. The lowest BCUT2D eigenvalue weighted by Crippen LogP contribution is -2.24. The first-order chi connectivity index (χ1) is 11.7. The van der Waals surface area contributed by atoms with Gasteiger partial charge in [-0.15, -0.1) is 0 Å². The fraction of sp³-hybridized carbons (Fsp3) is 0.158. The van der Waals surface area contributed by atoms with Crippen molar-refractivity contribution in [2.75, 3.05) is 13.7 Å². The SMILES string of the molecule is COc1ccc(C#CCNC(=O)OCc2ccccc2)cc1C#N. The van der Waals surface area contributed by atoms with Crippen LogP contribution in [0.5, 0.6) is 5.75 Å². The first-order valence-corrected chi connectivity index (χ1v) is 7.24. The van der Waals surface area contributed by atoms with Crippen molar-refractivity contribution in [1.29, 1.82) is 5.26 Å². The highest BCUT2D eigenvalue weighted by Gasteiger charge is 2.02. The predicted molar refractivity (Wildman–Crippen MR) is 89.2 cm³/mol. The van der Waals surface area contributed by atoms with E-state index in [1.54, 1.807) is 18.2 Å². The van der Waals surface area contributed by atoms with E-state index >= 15 is 0 Å². The Labute approximate surface area is 140 Å². The summed E-state index contributed by atoms with van der Waals surface area (Å²) in [5.41, 5.74) is 2.01. The van der Waals surface area contributed by atoms with E-state index in [4.69, 9.17) is 14.7 Å². The number of hydrogen-bond acceptors (Lipinski definition) is 4. The third-order valence-electron chi connectivity index (χ3n) is 3.09. The zero-order chi connectivity index (χ0) is 17.2. The molecule has 2 rings (SSSR count). The second kappa shape index (κ2) is 8.87. The Bertz CT molecular complexity index is 799. The number of rotatable bonds is 4. The summed E-state index contributed by atoms with van der Waals surface area (Å²) in [5.74, 6) is 6.19. The zero-order valence-corrected chi connectivity index (χ0v) is 13.2. The molecule has 2 aromatic rings. The number of nitriles is 1. The standard InChI is InChI=1S/C19H16N2O3/c1-23-18-10-9-15(12-17(18)13-20)8-5-11-21-19(22)24-14-16-6-3-2-4-7-16/h2-4,6-7,9-10,12H,11,14H2,1H3,(H,21,22). The van der Waals surface area contributed by atoms with Gasteiger partial charge in [-0.1, -0.05) is 42.2 Å². The summed E-state index contributed by atoms with van der Waals surface area (Å²) < 4.78 is 10.1. The number of ether oxygens (including phenoxy) is 2. The minimum atomic E-state index is -0.527. The van der Waals surface area contributed by atoms with Crippen LogP contribution in [-0.2, 0) is 11.3 Å². The van der Waals surface area contributed by atoms with Crippen molar-refractivity contribution in [3.05, 3.63) is 65.2 Å². The van der Waals surface area contributed by atoms with Crippen molar-refractivity contribution in [3.8, 4) is 23.7 Å². The largest absolute Gasteiger partial charge is 0.495 e. The zero-order valence-electron chi connectivity index (χ0n) is 13.2. The van der Waals surface area contributed by atoms with Crippen LogP contribution >= 0.6 is 0 Å². The Kier molecular flexibility index (Phi) is 6.25. The second-order valence-corrected chi connectivity index (χ2v) is 4.74. The third kappa shape index (κ3) is 5.08. The molecule has 0 unspecified atom stereocenters. The van der Waals surface area contributed by atoms with Crippen molar-refractivity contribution in [2.24, 2.45) is 0 Å². The van der Waals surface area contributed by atoms with Gasteiger partial charge in [-0.05, 0) is 23.8 Å². The summed E-state index contributed by atoms with van der Waals surface area (Å²) in [4.78, 5) is 11.6. The van der Waals surface area contributed by atoms with Crippen molar-refractivity contribution in [2.45, 2.75) is 6.61 Å². The van der Waals surface area contributed by atoms with Crippen LogP contribution in [-0.4, -0.2) is 19.7 Å². The molecule has 1 N–H and O–H groups in total. The fourth-order valence-corrected chi connectivity index (χ4v) is 1.91. The number of methoxy groups -OCH3 is 1. The lowest BCUT2D eigenvalue weighted by Gasteiger charge is -2.04. The van der Waals surface area contributed by atoms with Crippen LogP contribution in [0.15, 0.2) is 48.5 Å². The molecule has 0 saturated carbocycles. The molecule has 1 amide bonds. The number of alkyl carbamates (subject to hydrolysis) is 1. The van der Waals surface area contributed by atoms with Crippen molar-refractivity contribution >= 4 is 6.09 Å². The average molecular weight is 320 g/mol. The molecule has 0 aromatic heterocycles. The summed E-state index contributed by atoms with van der Waals surface area (Å²) in [6.45, 7) is 0.367. The van der Waals surface area contributed by atoms with Gasteiger partial charge in [-0.25, -0.2) is 4.79 Å². The molecule has 5 nitrogen and oxygen atoms in total. The number of benzene rings is 2. The summed E-state index contributed by atoms with van der Waals surface area (Å²) in [6, 6.07) is 16.5. The normalized spacial score (nSPS) is 9.17. The molecular weight excluding hydrogens is 304 g/mol. The van der Waals surface area contributed by atoms with Gasteiger partial charge in [0.05, 0.1) is 19.2 Å². The van der Waals surface area contributed by atoms with E-state index in [2.05, 4.69) is 17.2 Å². The molecule has 0 aliphatic rings. The van der Waals surface area contributed by atoms with Gasteiger partial charge in [0.15, 0.2) is 0 Å². The maximum Gasteiger partial charge on any atom is 0.408 e. The number of carbonyl (C=O) groups is 1. The summed E-state index contributed by atoms with van der Waals surface area (Å²) >= 11 is 0. The third-order valence-corrected chi connectivity index (χ3v) is 3.09. The van der Waals surface area contributed by atoms with E-state index in [0.717, 1.165) is 5.56 Å². The van der Waals surface area contributed by atoms with Gasteiger partial charge in [0.25, 0.3) is 0 Å². The minimum absolute atomic E-state index is 0.154. The van der Waals surface area contributed by atoms with E-state index < -0.39 is 6.09 Å². The number of nitrogens with zero attached hydrogens (tertiary/aromatic N) is 1. The van der Waals surface area contributed by atoms with Crippen LogP contribution in [0.2, 0.25) is 0 Å². The van der Waals surface area contributed by atoms with Gasteiger partial charge in [-0.3, -0.25) is 0 Å². The van der Waals surface area contributed by atoms with Gasteiger partial charge in [0.2, 0.25) is 0 Å². The molecule has 0 radical (unpaired) electrons. The number of amides is 1. The molecule has 0 aliphatic heterocycles. The maximum absolute atomic E-state index is 11.6. The topological polar surface area (TPSA) is 71.3 Å². The summed E-state index contributed by atoms with van der Waals surface area (Å²) in [6.07, 6.45) is -0.527. The molecule has 2 aromatic carbocycles. The number of hydrogen-bond donors (Lipinski definition) is 1. The Morgan fingerprint density at radius 2 is 2.00 bits per heavy atom. The first kappa shape index (κ1) is 16.9. The highest BCUT2D eigenvalue weighted by atomic mass is 16.5. The second-order valence-electron chi connectivity index (χ2n) is 4.74. The summed E-state index contributed by atoms with van der Waals surface area (Å²) in [5, 5.41) is 11.6. The van der Waals surface area contributed by atoms with Crippen LogP contribution in [0, 0.1) is 23.2 Å². The Morgan fingerprint density at radius 3 is 2.71 bits per heavy atom. The lowest BCUT2D eigenvalue weighted by atomic mass is 10.1. The molecular formula is C19H16N2O3. The van der Waals surface area contributed by atoms with Crippen molar-refractivity contribution in [1.82, 2.24) is 5.32 Å². The monoisotopic (exact) mass is 320 g/mol. The maximum atomic E-state index is 11.6. The minimum Gasteiger partial charge on any atom is -0.495 e. The lowest BCUT2D eigenvalue weighted by molar-refractivity contribution is 0.141. The Hall–Kier alpha value is -3.44. The predicted octanol–water partition coefficient (Wildman–Crippen LogP) is 2.84. The van der Waals surface area contributed by atoms with Crippen molar-refractivity contribution < 1.29 is 14.3 Å². The smallest absolute Gasteiger partial charge is 0.408 e. The molecule has 24 heavy (non-hydrogen) atoms. The molecule has 120 valence electrons. The van der Waals surface area contributed by atoms with Gasteiger partial charge >= 0.3 is 6.09 Å². The van der Waals surface area contributed by atoms with Gasteiger partial charge in [0, 0.05) is 5.56 Å². The van der Waals surface area contributed by atoms with Crippen LogP contribution in [0.4, 0.5) is 4.79 Å². The quantitative estimate of drug-likeness (QED) is 0.879. The van der Waals surface area contributed by atoms with E-state index in [9.17, 15) is 4.79 Å². The highest BCUT2D eigenvalue weighted by Crippen LogP contribution is 2.18. The molecule has 0 aliphatic carbocycles. The Morgan fingerprint density at radius 1 is 1.21 bits per heavy atom. The molecule has 5 heteroatoms. The molecule has 0 heterocycles. The molecule has 0 bridgehead atoms. The van der Waals surface area contributed by atoms with Gasteiger partial charge in [0.1, 0.15) is 18.4 Å². The molecule has 0 spiro atoms. The summed E-state index contributed by atoms with van der Waals surface area (Å²) in [7, 11) is 1.51. The first-order valence-electron chi connectivity index (χ1n) is 7.24. The van der Waals surface area contributed by atoms with E-state index in [0.29, 0.717) is 16.9 Å². The fourth-order valence-electron chi connectivity index (χ4n) is 1.91. The van der Waals surface area contributed by atoms with E-state index in [-0.39, 0.29) is 13.2 Å². The van der Waals surface area contributed by atoms with Crippen LogP contribution in [0.3, 0.4) is 0 Å². The molecule has 0 atom stereocenters. The average Bonchev–Trinajstić information content (AvgIpc) is 2.64. The number of carbonyl (C=O) groups excluding carboxylic acids is 1. The van der Waals surface area contributed by atoms with E-state index in [1.165, 1.54) is 7.11 Å². The van der Waals surface area contributed by atoms with Crippen LogP contribution < -0.4 is 10.1 Å². The van der Waals surface area contributed by atoms with Crippen LogP contribution in [0.1, 0.15) is 16.7 Å². The van der Waals surface area contributed by atoms with Gasteiger partial charge in [-0.2, -0.15) is 5.26 Å². The van der Waals surface area contributed by atoms with Gasteiger partial charge < -0.3 is 14.8 Å². The Balaban J connectivity index is 1.81. The highest BCUT2D eigenvalue weighted by molar-refractivity contribution is 5.67. The number of nitrogens with one attached hydrogen (secondary N) is 1. The van der Waals surface area contributed by atoms with Crippen LogP contribution in [0.25, 0.3) is 0 Å². The van der Waals surface area contributed by atoms with E-state index in [1.807, 2.05) is 36.4 Å². The van der Waals surface area contributed by atoms with Crippen molar-refractivity contribution in [3.63, 3.8) is 0 Å².